The smallest absolute Gasteiger partial charge is 0.0594 e. The van der Waals surface area contributed by atoms with Gasteiger partial charge in [-0.15, -0.1) is 0 Å². The predicted molar refractivity (Wildman–Crippen MR) is 64.3 cm³/mol. The second-order valence-corrected chi connectivity index (χ2v) is 5.88. The third kappa shape index (κ3) is 2.41. The Bertz CT molecular complexity index is 224. The zero-order valence-corrected chi connectivity index (χ0v) is 10.6. The molecule has 1 aliphatic heterocycles. The molecule has 0 radical (unpaired) electrons. The van der Waals surface area contributed by atoms with Gasteiger partial charge in [0.25, 0.3) is 0 Å². The molecular formula is C13H25NO2. The molecule has 3 nitrogen and oxygen atoms in total. The number of morpholine rings is 1. The van der Waals surface area contributed by atoms with Gasteiger partial charge in [0, 0.05) is 26.2 Å². The lowest BCUT2D eigenvalue weighted by atomic mass is 9.54. The number of hydrogen-bond donors (Lipinski definition) is 1. The molecule has 2 rings (SSSR count). The molecule has 0 aromatic rings. The zero-order valence-electron chi connectivity index (χ0n) is 10.6. The van der Waals surface area contributed by atoms with Gasteiger partial charge in [-0.3, -0.25) is 4.90 Å². The highest BCUT2D eigenvalue weighted by atomic mass is 16.5. The number of aliphatic hydroxyl groups excluding tert-OH is 1. The Morgan fingerprint density at radius 1 is 1.25 bits per heavy atom. The van der Waals surface area contributed by atoms with E-state index < -0.39 is 0 Å². The maximum absolute atomic E-state index is 9.01. The Morgan fingerprint density at radius 2 is 1.94 bits per heavy atom. The van der Waals surface area contributed by atoms with Crippen LogP contribution in [0.25, 0.3) is 0 Å². The Hall–Kier alpha value is -0.120. The second kappa shape index (κ2) is 5.03. The molecule has 1 saturated heterocycles. The van der Waals surface area contributed by atoms with Crippen LogP contribution in [0.2, 0.25) is 0 Å². The second-order valence-electron chi connectivity index (χ2n) is 5.88. The Morgan fingerprint density at radius 3 is 2.50 bits per heavy atom. The highest BCUT2D eigenvalue weighted by Crippen LogP contribution is 2.52. The average molecular weight is 227 g/mol. The molecule has 94 valence electrons. The molecule has 1 saturated carbocycles. The topological polar surface area (TPSA) is 32.7 Å². The summed E-state index contributed by atoms with van der Waals surface area (Å²) in [5.74, 6) is 1.53. The molecule has 0 spiro atoms. The van der Waals surface area contributed by atoms with Crippen molar-refractivity contribution in [1.29, 1.82) is 0 Å². The van der Waals surface area contributed by atoms with E-state index in [0.29, 0.717) is 12.0 Å². The minimum Gasteiger partial charge on any atom is -0.396 e. The Kier molecular flexibility index (Phi) is 3.88. The fourth-order valence-corrected chi connectivity index (χ4v) is 3.17. The molecule has 2 fully saturated rings. The van der Waals surface area contributed by atoms with Crippen LogP contribution >= 0.6 is 0 Å². The fourth-order valence-electron chi connectivity index (χ4n) is 3.17. The Balaban J connectivity index is 1.79. The number of hydrogen-bond acceptors (Lipinski definition) is 3. The lowest BCUT2D eigenvalue weighted by molar-refractivity contribution is -0.0648. The number of ether oxygens (including phenoxy) is 1. The van der Waals surface area contributed by atoms with E-state index in [1.807, 2.05) is 0 Å². The quantitative estimate of drug-likeness (QED) is 0.787. The molecular weight excluding hydrogens is 202 g/mol. The minimum atomic E-state index is 0.346. The van der Waals surface area contributed by atoms with Gasteiger partial charge >= 0.3 is 0 Å². The van der Waals surface area contributed by atoms with Crippen LogP contribution in [0.3, 0.4) is 0 Å². The molecule has 2 unspecified atom stereocenters. The molecule has 16 heavy (non-hydrogen) atoms. The summed E-state index contributed by atoms with van der Waals surface area (Å²) in [6.45, 7) is 10.3. The van der Waals surface area contributed by atoms with Crippen molar-refractivity contribution in [3.8, 4) is 0 Å². The summed E-state index contributed by atoms with van der Waals surface area (Å²) in [6, 6.07) is 0. The van der Waals surface area contributed by atoms with E-state index in [1.165, 1.54) is 13.0 Å². The first-order valence-electron chi connectivity index (χ1n) is 6.55. The average Bonchev–Trinajstić information content (AvgIpc) is 2.29. The highest BCUT2D eigenvalue weighted by molar-refractivity contribution is 4.97. The van der Waals surface area contributed by atoms with Crippen LogP contribution < -0.4 is 0 Å². The van der Waals surface area contributed by atoms with Crippen LogP contribution in [-0.4, -0.2) is 49.5 Å². The van der Waals surface area contributed by atoms with E-state index in [2.05, 4.69) is 18.7 Å². The maximum Gasteiger partial charge on any atom is 0.0594 e. The highest BCUT2D eigenvalue weighted by Gasteiger charge is 2.47. The van der Waals surface area contributed by atoms with E-state index in [0.717, 1.165) is 44.6 Å². The number of nitrogens with zero attached hydrogens (tertiary/aromatic N) is 1. The van der Waals surface area contributed by atoms with Crippen LogP contribution in [0.15, 0.2) is 0 Å². The lowest BCUT2D eigenvalue weighted by Gasteiger charge is -2.54. The molecule has 0 bridgehead atoms. The van der Waals surface area contributed by atoms with Gasteiger partial charge in [0.05, 0.1) is 13.2 Å². The van der Waals surface area contributed by atoms with Gasteiger partial charge in [-0.05, 0) is 30.1 Å². The van der Waals surface area contributed by atoms with Crippen LogP contribution in [0.1, 0.15) is 26.7 Å². The molecule has 0 aromatic heterocycles. The summed E-state index contributed by atoms with van der Waals surface area (Å²) in [7, 11) is 0. The lowest BCUT2D eigenvalue weighted by Crippen LogP contribution is -2.52. The van der Waals surface area contributed by atoms with E-state index in [-0.39, 0.29) is 0 Å². The van der Waals surface area contributed by atoms with E-state index in [1.54, 1.807) is 0 Å². The van der Waals surface area contributed by atoms with Crippen molar-refractivity contribution < 1.29 is 9.84 Å². The van der Waals surface area contributed by atoms with Crippen LogP contribution in [0, 0.1) is 17.3 Å². The first kappa shape index (κ1) is 12.3. The van der Waals surface area contributed by atoms with Crippen molar-refractivity contribution in [2.75, 3.05) is 39.5 Å². The van der Waals surface area contributed by atoms with Gasteiger partial charge in [-0.1, -0.05) is 13.8 Å². The van der Waals surface area contributed by atoms with Crippen molar-refractivity contribution in [2.24, 2.45) is 17.3 Å². The normalized spacial score (nSPS) is 34.7. The molecule has 2 atom stereocenters. The minimum absolute atomic E-state index is 0.346. The van der Waals surface area contributed by atoms with E-state index >= 15 is 0 Å². The summed E-state index contributed by atoms with van der Waals surface area (Å²) in [4.78, 5) is 2.53. The van der Waals surface area contributed by atoms with Crippen LogP contribution in [0.5, 0.6) is 0 Å². The van der Waals surface area contributed by atoms with Gasteiger partial charge in [-0.25, -0.2) is 0 Å². The largest absolute Gasteiger partial charge is 0.396 e. The zero-order chi connectivity index (χ0) is 11.6. The van der Waals surface area contributed by atoms with Crippen molar-refractivity contribution in [3.05, 3.63) is 0 Å². The SMILES string of the molecule is CC1(C)C(CCO)CC1CN1CCOCC1. The van der Waals surface area contributed by atoms with E-state index in [9.17, 15) is 0 Å². The Labute approximate surface area is 98.8 Å². The fraction of sp³-hybridized carbons (Fsp3) is 1.00. The molecule has 0 amide bonds. The van der Waals surface area contributed by atoms with Gasteiger partial charge in [0.2, 0.25) is 0 Å². The van der Waals surface area contributed by atoms with Crippen molar-refractivity contribution in [2.45, 2.75) is 26.7 Å². The molecule has 0 aromatic carbocycles. The van der Waals surface area contributed by atoms with Gasteiger partial charge in [-0.2, -0.15) is 0 Å². The number of rotatable bonds is 4. The van der Waals surface area contributed by atoms with E-state index in [4.69, 9.17) is 9.84 Å². The van der Waals surface area contributed by atoms with Gasteiger partial charge in [0.1, 0.15) is 0 Å². The van der Waals surface area contributed by atoms with Crippen molar-refractivity contribution in [1.82, 2.24) is 4.90 Å². The predicted octanol–water partition coefficient (Wildman–Crippen LogP) is 1.36. The first-order chi connectivity index (χ1) is 7.64. The standard InChI is InChI=1S/C13H25NO2/c1-13(2)11(3-6-15)9-12(13)10-14-4-7-16-8-5-14/h11-12,15H,3-10H2,1-2H3. The van der Waals surface area contributed by atoms with Gasteiger partial charge < -0.3 is 9.84 Å². The summed E-state index contributed by atoms with van der Waals surface area (Å²) in [6.07, 6.45) is 2.28. The monoisotopic (exact) mass is 227 g/mol. The van der Waals surface area contributed by atoms with Crippen LogP contribution in [-0.2, 0) is 4.74 Å². The summed E-state index contributed by atoms with van der Waals surface area (Å²) in [5.41, 5.74) is 0.418. The van der Waals surface area contributed by atoms with Crippen molar-refractivity contribution >= 4 is 0 Å². The molecule has 1 N–H and O–H groups in total. The third-order valence-electron chi connectivity index (χ3n) is 4.73. The molecule has 1 aliphatic carbocycles. The van der Waals surface area contributed by atoms with Crippen molar-refractivity contribution in [3.63, 3.8) is 0 Å². The molecule has 2 aliphatic rings. The molecule has 3 heteroatoms. The number of aliphatic hydroxyl groups is 1. The van der Waals surface area contributed by atoms with Gasteiger partial charge in [0.15, 0.2) is 0 Å². The summed E-state index contributed by atoms with van der Waals surface area (Å²) < 4.78 is 5.37. The maximum atomic E-state index is 9.01. The summed E-state index contributed by atoms with van der Waals surface area (Å²) in [5, 5.41) is 9.01. The third-order valence-corrected chi connectivity index (χ3v) is 4.73. The van der Waals surface area contributed by atoms with Crippen LogP contribution in [0.4, 0.5) is 0 Å². The summed E-state index contributed by atoms with van der Waals surface area (Å²) >= 11 is 0. The molecule has 1 heterocycles. The first-order valence-corrected chi connectivity index (χ1v) is 6.55.